The Labute approximate surface area is 211 Å². The Morgan fingerprint density at radius 1 is 1.43 bits per heavy atom. The van der Waals surface area contributed by atoms with Crippen LogP contribution in [0.3, 0.4) is 0 Å². The van der Waals surface area contributed by atoms with Gasteiger partial charge in [0.25, 0.3) is 0 Å². The molecule has 1 fully saturated rings. The molecule has 1 aliphatic rings. The first-order chi connectivity index (χ1) is 17.4. The molecule has 2 heterocycles. The lowest BCUT2D eigenvalue weighted by Gasteiger charge is -2.26. The molecule has 1 aromatic heterocycles. The second-order valence-corrected chi connectivity index (χ2v) is 10.0. The van der Waals surface area contributed by atoms with Crippen LogP contribution in [0.15, 0.2) is 41.3 Å². The van der Waals surface area contributed by atoms with E-state index in [1.54, 1.807) is 6.92 Å². The Bertz CT molecular complexity index is 1270. The van der Waals surface area contributed by atoms with E-state index in [4.69, 9.17) is 24.3 Å². The number of nitriles is 1. The highest BCUT2D eigenvalue weighted by atomic mass is 31.2. The molecule has 1 aliphatic heterocycles. The number of hydrogen-bond acceptors (Lipinski definition) is 11. The maximum Gasteiger partial charge on any atom is 0.459 e. The molecule has 1 aromatic carbocycles. The minimum atomic E-state index is -4.37. The molecule has 37 heavy (non-hydrogen) atoms. The molecule has 0 radical (unpaired) electrons. The predicted molar refractivity (Wildman–Crippen MR) is 126 cm³/mol. The number of esters is 1. The van der Waals surface area contributed by atoms with Crippen molar-refractivity contribution in [3.8, 4) is 11.8 Å². The third-order valence-electron chi connectivity index (χ3n) is 5.57. The fourth-order valence-corrected chi connectivity index (χ4v) is 5.08. The summed E-state index contributed by atoms with van der Waals surface area (Å²) in [6.45, 7) is 3.82. The van der Waals surface area contributed by atoms with Gasteiger partial charge in [0.2, 0.25) is 0 Å². The Morgan fingerprint density at radius 2 is 2.11 bits per heavy atom. The first kappa shape index (κ1) is 28.2. The third-order valence-corrected chi connectivity index (χ3v) is 7.21. The van der Waals surface area contributed by atoms with Crippen molar-refractivity contribution in [2.24, 2.45) is 5.41 Å². The van der Waals surface area contributed by atoms with Crippen LogP contribution in [0.25, 0.3) is 0 Å². The van der Waals surface area contributed by atoms with Gasteiger partial charge in [-0.3, -0.25) is 13.9 Å². The number of carbonyl (C=O) groups is 1. The lowest BCUT2D eigenvalue weighted by molar-refractivity contribution is -0.144. The second kappa shape index (κ2) is 11.4. The van der Waals surface area contributed by atoms with E-state index in [1.165, 1.54) is 38.2 Å². The number of aliphatic hydroxyl groups excluding tert-OH is 1. The molecule has 6 unspecified atom stereocenters. The van der Waals surface area contributed by atoms with E-state index in [0.29, 0.717) is 0 Å². The molecule has 6 atom stereocenters. The number of nitrogens with two attached hydrogens (primary N) is 1. The summed E-state index contributed by atoms with van der Waals surface area (Å²) in [5.41, 5.74) is 3.08. The lowest BCUT2D eigenvalue weighted by Crippen LogP contribution is -2.40. The highest BCUT2D eigenvalue weighted by Gasteiger charge is 2.55. The predicted octanol–water partition coefficient (Wildman–Crippen LogP) is 1.50. The molecule has 0 bridgehead atoms. The van der Waals surface area contributed by atoms with E-state index in [2.05, 4.69) is 10.1 Å². The van der Waals surface area contributed by atoms with Crippen LogP contribution < -0.4 is 21.0 Å². The number of nitrogen functional groups attached to an aromatic ring is 1. The maximum atomic E-state index is 13.6. The van der Waals surface area contributed by atoms with Crippen LogP contribution in [0.5, 0.6) is 5.75 Å². The van der Waals surface area contributed by atoms with E-state index in [0.717, 1.165) is 16.7 Å². The first-order valence-corrected chi connectivity index (χ1v) is 12.7. The van der Waals surface area contributed by atoms with Crippen molar-refractivity contribution in [1.82, 2.24) is 14.6 Å². The van der Waals surface area contributed by atoms with E-state index >= 15 is 0 Å². The van der Waals surface area contributed by atoms with Gasteiger partial charge in [-0.25, -0.2) is 13.8 Å². The summed E-state index contributed by atoms with van der Waals surface area (Å²) in [5, 5.41) is 23.1. The average Bonchev–Trinajstić information content (AvgIpc) is 3.10. The normalized spacial score (nSPS) is 25.6. The third kappa shape index (κ3) is 6.33. The molecule has 1 saturated heterocycles. The van der Waals surface area contributed by atoms with Crippen LogP contribution >= 0.6 is 7.75 Å². The number of hydrogen-bond donors (Lipinski definition) is 3. The van der Waals surface area contributed by atoms with Gasteiger partial charge >= 0.3 is 19.4 Å². The molecular formula is C22H27FN5O8P. The number of rotatable bonds is 10. The molecule has 200 valence electrons. The minimum absolute atomic E-state index is 0.0413. The van der Waals surface area contributed by atoms with Gasteiger partial charge < -0.3 is 24.8 Å². The summed E-state index contributed by atoms with van der Waals surface area (Å²) in [6.07, 6.45) is -2.78. The zero-order chi connectivity index (χ0) is 27.4. The van der Waals surface area contributed by atoms with Gasteiger partial charge in [0.05, 0.1) is 19.3 Å². The minimum Gasteiger partial charge on any atom is -0.465 e. The Kier molecular flexibility index (Phi) is 8.68. The number of halogens is 1. The molecule has 2 aromatic rings. The van der Waals surface area contributed by atoms with Gasteiger partial charge in [-0.05, 0) is 51.1 Å². The summed E-state index contributed by atoms with van der Waals surface area (Å²) in [6, 6.07) is 6.67. The van der Waals surface area contributed by atoms with Crippen LogP contribution in [0.4, 0.5) is 10.2 Å². The first-order valence-electron chi connectivity index (χ1n) is 11.2. The molecule has 13 nitrogen and oxygen atoms in total. The summed E-state index contributed by atoms with van der Waals surface area (Å²) in [7, 11) is -4.37. The topological polar surface area (TPSA) is 188 Å². The second-order valence-electron chi connectivity index (χ2n) is 8.35. The summed E-state index contributed by atoms with van der Waals surface area (Å²) in [4.78, 5) is 28.1. The van der Waals surface area contributed by atoms with E-state index < -0.39 is 61.7 Å². The van der Waals surface area contributed by atoms with Crippen LogP contribution in [-0.2, 0) is 23.4 Å². The van der Waals surface area contributed by atoms with Gasteiger partial charge in [-0.1, -0.05) is 0 Å². The van der Waals surface area contributed by atoms with Crippen LogP contribution in [0.1, 0.15) is 27.0 Å². The fraction of sp³-hybridized carbons (Fsp3) is 0.455. The van der Waals surface area contributed by atoms with Gasteiger partial charge in [0.1, 0.15) is 41.0 Å². The zero-order valence-corrected chi connectivity index (χ0v) is 21.1. The van der Waals surface area contributed by atoms with Crippen molar-refractivity contribution in [1.29, 1.82) is 5.26 Å². The van der Waals surface area contributed by atoms with E-state index in [-0.39, 0.29) is 18.2 Å². The molecule has 0 saturated carbocycles. The zero-order valence-electron chi connectivity index (χ0n) is 20.2. The number of nitrogens with zero attached hydrogens (tertiary/aromatic N) is 3. The highest BCUT2D eigenvalue weighted by molar-refractivity contribution is 7.52. The standard InChI is InChI=1S/C22H27FN5O8P/c1-4-33-19(30)13(2)27-37(32,36-15-7-5-14(23)6-8-15)34-11-16-18(29)22(3,12-24)20(35-16)28-10-9-17(25)26-21(28)31/h5-10,13,16,18,20,29H,4,11H2,1-3H3,(H,27,32)(H2,25,26,31). The number of nitrogens with one attached hydrogen (secondary N) is 1. The quantitative estimate of drug-likeness (QED) is 0.292. The molecule has 0 aliphatic carbocycles. The van der Waals surface area contributed by atoms with Crippen molar-refractivity contribution in [3.63, 3.8) is 0 Å². The van der Waals surface area contributed by atoms with Crippen molar-refractivity contribution < 1.29 is 37.4 Å². The summed E-state index contributed by atoms with van der Waals surface area (Å²) < 4.78 is 49.5. The number of anilines is 1. The molecular weight excluding hydrogens is 512 g/mol. The van der Waals surface area contributed by atoms with E-state index in [9.17, 15) is 28.9 Å². The highest BCUT2D eigenvalue weighted by Crippen LogP contribution is 2.48. The summed E-state index contributed by atoms with van der Waals surface area (Å²) in [5.74, 6) is -1.38. The van der Waals surface area contributed by atoms with Gasteiger partial charge in [-0.2, -0.15) is 15.3 Å². The maximum absolute atomic E-state index is 13.6. The van der Waals surface area contributed by atoms with Crippen LogP contribution in [-0.4, -0.2) is 52.1 Å². The number of benzene rings is 1. The van der Waals surface area contributed by atoms with Gasteiger partial charge in [-0.15, -0.1) is 0 Å². The number of ether oxygens (including phenoxy) is 2. The van der Waals surface area contributed by atoms with Crippen LogP contribution in [0, 0.1) is 22.6 Å². The number of carbonyl (C=O) groups excluding carboxylic acids is 1. The molecule has 0 amide bonds. The van der Waals surface area contributed by atoms with Crippen molar-refractivity contribution >= 4 is 19.5 Å². The van der Waals surface area contributed by atoms with Gasteiger partial charge in [0.15, 0.2) is 6.23 Å². The average molecular weight is 539 g/mol. The Hall–Kier alpha value is -3.34. The molecule has 0 spiro atoms. The smallest absolute Gasteiger partial charge is 0.459 e. The SMILES string of the molecule is CCOC(=O)C(C)NP(=O)(OCC1OC(n2ccc(N)nc2=O)C(C)(C#N)C1O)Oc1ccc(F)cc1. The summed E-state index contributed by atoms with van der Waals surface area (Å²) >= 11 is 0. The van der Waals surface area contributed by atoms with Crippen molar-refractivity contribution in [3.05, 3.63) is 52.8 Å². The Morgan fingerprint density at radius 3 is 2.70 bits per heavy atom. The van der Waals surface area contributed by atoms with Crippen LogP contribution in [0.2, 0.25) is 0 Å². The number of aliphatic hydroxyl groups is 1. The van der Waals surface area contributed by atoms with E-state index in [1.807, 2.05) is 6.07 Å². The van der Waals surface area contributed by atoms with Crippen molar-refractivity contribution in [2.75, 3.05) is 18.9 Å². The Balaban J connectivity index is 1.84. The molecule has 3 rings (SSSR count). The molecule has 15 heteroatoms. The monoisotopic (exact) mass is 539 g/mol. The van der Waals surface area contributed by atoms with Crippen molar-refractivity contribution in [2.45, 2.75) is 45.2 Å². The van der Waals surface area contributed by atoms with Gasteiger partial charge in [0, 0.05) is 6.20 Å². The molecule has 4 N–H and O–H groups in total. The number of aromatic nitrogens is 2. The fourth-order valence-electron chi connectivity index (χ4n) is 3.58. The largest absolute Gasteiger partial charge is 0.465 e. The lowest BCUT2D eigenvalue weighted by atomic mass is 9.84.